The van der Waals surface area contributed by atoms with Crippen LogP contribution in [0.25, 0.3) is 0 Å². The van der Waals surface area contributed by atoms with Crippen molar-refractivity contribution in [2.24, 2.45) is 23.7 Å². The molecule has 2 aliphatic carbocycles. The van der Waals surface area contributed by atoms with Crippen molar-refractivity contribution < 1.29 is 23.9 Å². The van der Waals surface area contributed by atoms with Crippen molar-refractivity contribution in [2.45, 2.75) is 18.9 Å². The van der Waals surface area contributed by atoms with E-state index in [9.17, 15) is 14.4 Å². The van der Waals surface area contributed by atoms with Gasteiger partial charge in [0, 0.05) is 11.6 Å². The molecule has 1 heterocycles. The molecule has 1 aromatic rings. The molecular formula is C17H17NO5. The third kappa shape index (κ3) is 2.12. The molecule has 5 atom stereocenters. The second-order valence-corrected chi connectivity index (χ2v) is 6.48. The zero-order chi connectivity index (χ0) is 16.1. The van der Waals surface area contributed by atoms with Crippen LogP contribution in [0.3, 0.4) is 0 Å². The first kappa shape index (κ1) is 14.2. The van der Waals surface area contributed by atoms with Gasteiger partial charge in [0.05, 0.1) is 24.5 Å². The Morgan fingerprint density at radius 3 is 2.65 bits per heavy atom. The van der Waals surface area contributed by atoms with Gasteiger partial charge in [-0.3, -0.25) is 9.59 Å². The molecule has 2 bridgehead atoms. The molecule has 3 fully saturated rings. The number of benzene rings is 1. The Bertz CT molecular complexity index is 681. The van der Waals surface area contributed by atoms with Gasteiger partial charge in [0.1, 0.15) is 6.10 Å². The van der Waals surface area contributed by atoms with Gasteiger partial charge in [-0.05, 0) is 43.0 Å². The van der Waals surface area contributed by atoms with Gasteiger partial charge >= 0.3 is 11.9 Å². The molecule has 1 aromatic carbocycles. The molecule has 23 heavy (non-hydrogen) atoms. The number of anilines is 1. The van der Waals surface area contributed by atoms with Crippen molar-refractivity contribution in [2.75, 3.05) is 12.4 Å². The second kappa shape index (κ2) is 5.08. The van der Waals surface area contributed by atoms with Crippen LogP contribution in [0.15, 0.2) is 24.3 Å². The zero-order valence-corrected chi connectivity index (χ0v) is 12.7. The molecule has 0 spiro atoms. The number of amides is 1. The molecule has 6 nitrogen and oxygen atoms in total. The summed E-state index contributed by atoms with van der Waals surface area (Å²) >= 11 is 0. The van der Waals surface area contributed by atoms with E-state index in [0.29, 0.717) is 11.3 Å². The summed E-state index contributed by atoms with van der Waals surface area (Å²) in [7, 11) is 1.32. The second-order valence-electron chi connectivity index (χ2n) is 6.48. The van der Waals surface area contributed by atoms with Gasteiger partial charge in [-0.1, -0.05) is 0 Å². The molecule has 0 radical (unpaired) electrons. The average Bonchev–Trinajstić information content (AvgIpc) is 3.16. The normalized spacial score (nSPS) is 33.4. The highest BCUT2D eigenvalue weighted by Crippen LogP contribution is 2.57. The Kier molecular flexibility index (Phi) is 3.14. The van der Waals surface area contributed by atoms with Crippen LogP contribution in [0.5, 0.6) is 0 Å². The number of carbonyl (C=O) groups is 3. The summed E-state index contributed by atoms with van der Waals surface area (Å²) in [6.07, 6.45) is 1.73. The minimum Gasteiger partial charge on any atom is -0.465 e. The monoisotopic (exact) mass is 315 g/mol. The van der Waals surface area contributed by atoms with Crippen LogP contribution in [-0.4, -0.2) is 31.1 Å². The Balaban J connectivity index is 1.48. The van der Waals surface area contributed by atoms with Crippen molar-refractivity contribution >= 4 is 23.5 Å². The Hall–Kier alpha value is -2.37. The van der Waals surface area contributed by atoms with Crippen LogP contribution in [0.4, 0.5) is 5.69 Å². The highest BCUT2D eigenvalue weighted by atomic mass is 16.6. The zero-order valence-electron chi connectivity index (χ0n) is 12.7. The predicted octanol–water partition coefficient (Wildman–Crippen LogP) is 1.61. The van der Waals surface area contributed by atoms with E-state index in [1.165, 1.54) is 7.11 Å². The number of nitrogens with one attached hydrogen (secondary N) is 1. The first-order chi connectivity index (χ1) is 11.1. The van der Waals surface area contributed by atoms with E-state index in [0.717, 1.165) is 12.8 Å². The topological polar surface area (TPSA) is 81.7 Å². The number of fused-ring (bicyclic) bond motifs is 1. The van der Waals surface area contributed by atoms with Gasteiger partial charge in [0.25, 0.3) is 0 Å². The van der Waals surface area contributed by atoms with Crippen molar-refractivity contribution in [3.8, 4) is 0 Å². The van der Waals surface area contributed by atoms with Crippen molar-refractivity contribution in [1.82, 2.24) is 0 Å². The van der Waals surface area contributed by atoms with Gasteiger partial charge in [0.2, 0.25) is 5.91 Å². The average molecular weight is 315 g/mol. The fourth-order valence-corrected chi connectivity index (χ4v) is 4.40. The Morgan fingerprint density at radius 2 is 1.96 bits per heavy atom. The molecule has 1 aliphatic heterocycles. The summed E-state index contributed by atoms with van der Waals surface area (Å²) in [4.78, 5) is 36.0. The lowest BCUT2D eigenvalue weighted by atomic mass is 9.79. The lowest BCUT2D eigenvalue weighted by Gasteiger charge is -2.23. The fraction of sp³-hybridized carbons (Fsp3) is 0.471. The van der Waals surface area contributed by atoms with Crippen LogP contribution in [0.1, 0.15) is 23.2 Å². The summed E-state index contributed by atoms with van der Waals surface area (Å²) in [5, 5.41) is 2.86. The summed E-state index contributed by atoms with van der Waals surface area (Å²) < 4.78 is 9.99. The lowest BCUT2D eigenvalue weighted by Crippen LogP contribution is -2.35. The largest absolute Gasteiger partial charge is 0.465 e. The quantitative estimate of drug-likeness (QED) is 0.857. The molecule has 1 amide bonds. The molecule has 4 rings (SSSR count). The van der Waals surface area contributed by atoms with Crippen LogP contribution >= 0.6 is 0 Å². The van der Waals surface area contributed by atoms with Gasteiger partial charge in [-0.25, -0.2) is 4.79 Å². The first-order valence-corrected chi connectivity index (χ1v) is 7.78. The standard InChI is InChI=1S/C17H17NO5/c1-22-16(20)8-2-4-10(5-3-8)18-15(19)13-9-6-11-12(7-9)23-17(21)14(11)13/h2-5,9,11-14H,6-7H2,1H3,(H,18,19)/t9-,11+,12-,13-,14+/m1/s1. The highest BCUT2D eigenvalue weighted by molar-refractivity contribution is 5.97. The summed E-state index contributed by atoms with van der Waals surface area (Å²) in [6, 6.07) is 6.52. The third-order valence-electron chi connectivity index (χ3n) is 5.36. The van der Waals surface area contributed by atoms with E-state index in [1.54, 1.807) is 24.3 Å². The maximum atomic E-state index is 12.6. The van der Waals surface area contributed by atoms with Gasteiger partial charge < -0.3 is 14.8 Å². The fourth-order valence-electron chi connectivity index (χ4n) is 4.40. The number of esters is 2. The molecule has 1 saturated heterocycles. The van der Waals surface area contributed by atoms with E-state index in [2.05, 4.69) is 10.1 Å². The number of carbonyl (C=O) groups excluding carboxylic acids is 3. The molecule has 0 aromatic heterocycles. The smallest absolute Gasteiger partial charge is 0.337 e. The molecule has 3 aliphatic rings. The van der Waals surface area contributed by atoms with Gasteiger partial charge in [-0.15, -0.1) is 0 Å². The molecular weight excluding hydrogens is 298 g/mol. The van der Waals surface area contributed by atoms with E-state index < -0.39 is 5.97 Å². The number of hydrogen-bond donors (Lipinski definition) is 1. The van der Waals surface area contributed by atoms with Crippen molar-refractivity contribution in [3.63, 3.8) is 0 Å². The lowest BCUT2D eigenvalue weighted by molar-refractivity contribution is -0.145. The predicted molar refractivity (Wildman–Crippen MR) is 79.5 cm³/mol. The van der Waals surface area contributed by atoms with Gasteiger partial charge in [0.15, 0.2) is 0 Å². The highest BCUT2D eigenvalue weighted by Gasteiger charge is 2.63. The van der Waals surface area contributed by atoms with Crippen LogP contribution in [-0.2, 0) is 19.1 Å². The summed E-state index contributed by atoms with van der Waals surface area (Å²) in [5.74, 6) is -0.914. The minimum atomic E-state index is -0.421. The Labute approximate surface area is 133 Å². The summed E-state index contributed by atoms with van der Waals surface area (Å²) in [5.41, 5.74) is 1.03. The van der Waals surface area contributed by atoms with E-state index in [4.69, 9.17) is 4.74 Å². The van der Waals surface area contributed by atoms with Gasteiger partial charge in [-0.2, -0.15) is 0 Å². The number of methoxy groups -OCH3 is 1. The van der Waals surface area contributed by atoms with E-state index in [-0.39, 0.29) is 41.7 Å². The molecule has 1 N–H and O–H groups in total. The first-order valence-electron chi connectivity index (χ1n) is 7.78. The SMILES string of the molecule is COC(=O)c1ccc(NC(=O)[C@@H]2[C@@H]3C[C@@H]4[C@@H]2C(=O)O[C@@H]4C3)cc1. The van der Waals surface area contributed by atoms with Crippen molar-refractivity contribution in [3.05, 3.63) is 29.8 Å². The molecule has 2 saturated carbocycles. The number of hydrogen-bond acceptors (Lipinski definition) is 5. The van der Waals surface area contributed by atoms with E-state index in [1.807, 2.05) is 0 Å². The van der Waals surface area contributed by atoms with Crippen LogP contribution < -0.4 is 5.32 Å². The maximum absolute atomic E-state index is 12.6. The van der Waals surface area contributed by atoms with Crippen LogP contribution in [0.2, 0.25) is 0 Å². The maximum Gasteiger partial charge on any atom is 0.337 e. The third-order valence-corrected chi connectivity index (χ3v) is 5.36. The van der Waals surface area contributed by atoms with Crippen molar-refractivity contribution in [1.29, 1.82) is 0 Å². The molecule has 0 unspecified atom stereocenters. The number of rotatable bonds is 3. The van der Waals surface area contributed by atoms with E-state index >= 15 is 0 Å². The Morgan fingerprint density at radius 1 is 1.22 bits per heavy atom. The number of ether oxygens (including phenoxy) is 2. The van der Waals surface area contributed by atoms with Crippen LogP contribution in [0, 0.1) is 23.7 Å². The summed E-state index contributed by atoms with van der Waals surface area (Å²) in [6.45, 7) is 0. The minimum absolute atomic E-state index is 0.0286. The molecule has 120 valence electrons. The molecule has 6 heteroatoms.